The van der Waals surface area contributed by atoms with Crippen LogP contribution in [0.4, 0.5) is 5.69 Å². The Labute approximate surface area is 191 Å². The van der Waals surface area contributed by atoms with Crippen molar-refractivity contribution in [2.45, 2.75) is 50.2 Å². The van der Waals surface area contributed by atoms with E-state index < -0.39 is 0 Å². The summed E-state index contributed by atoms with van der Waals surface area (Å²) in [5.74, 6) is 0. The third-order valence-corrected chi connectivity index (χ3v) is 7.13. The molecule has 2 aliphatic rings. The number of halogens is 1. The van der Waals surface area contributed by atoms with Crippen LogP contribution in [0.1, 0.15) is 61.6 Å². The molecule has 0 amide bonds. The third-order valence-electron chi connectivity index (χ3n) is 6.29. The summed E-state index contributed by atoms with van der Waals surface area (Å²) in [6.45, 7) is 0. The topological polar surface area (TPSA) is 33.1 Å². The van der Waals surface area contributed by atoms with Gasteiger partial charge in [0.05, 0.1) is 11.7 Å². The molecule has 1 aliphatic carbocycles. The van der Waals surface area contributed by atoms with Crippen LogP contribution in [-0.4, -0.2) is 14.7 Å². The summed E-state index contributed by atoms with van der Waals surface area (Å²) < 4.78 is 3.56. The predicted molar refractivity (Wildman–Crippen MR) is 129 cm³/mol. The van der Waals surface area contributed by atoms with Crippen molar-refractivity contribution >= 4 is 38.9 Å². The van der Waals surface area contributed by atoms with E-state index in [0.717, 1.165) is 21.0 Å². The smallest absolute Gasteiger partial charge is 0.174 e. The second-order valence-electron chi connectivity index (χ2n) is 8.11. The Hall–Kier alpha value is -2.18. The van der Waals surface area contributed by atoms with Gasteiger partial charge in [0.2, 0.25) is 0 Å². The zero-order valence-electron chi connectivity index (χ0n) is 16.7. The van der Waals surface area contributed by atoms with Crippen molar-refractivity contribution in [2.24, 2.45) is 0 Å². The number of rotatable bonds is 4. The fourth-order valence-corrected chi connectivity index (χ4v) is 5.49. The number of hydrogen-bond donors (Lipinski definition) is 1. The first-order chi connectivity index (χ1) is 14.7. The minimum absolute atomic E-state index is 0.000382. The van der Waals surface area contributed by atoms with Gasteiger partial charge in [-0.25, -0.2) is 0 Å². The summed E-state index contributed by atoms with van der Waals surface area (Å²) in [7, 11) is 0. The molecule has 0 unspecified atom stereocenters. The molecule has 1 saturated heterocycles. The van der Waals surface area contributed by atoms with Crippen LogP contribution in [-0.2, 0) is 0 Å². The maximum Gasteiger partial charge on any atom is 0.174 e. The molecule has 2 atom stereocenters. The van der Waals surface area contributed by atoms with Crippen LogP contribution < -0.4 is 10.2 Å². The lowest BCUT2D eigenvalue weighted by Gasteiger charge is -2.32. The number of thiocarbonyl (C=S) groups is 1. The molecule has 3 aromatic rings. The van der Waals surface area contributed by atoms with Gasteiger partial charge in [-0.1, -0.05) is 41.3 Å². The SMILES string of the molecule is S=C1N[C@@H](c2ccccn2)[C@@H](c2cccn2C2CCCCC2)N1c1ccc(Br)cc1. The van der Waals surface area contributed by atoms with Gasteiger partial charge in [-0.2, -0.15) is 0 Å². The number of aromatic nitrogens is 2. The average Bonchev–Trinajstić information content (AvgIpc) is 3.40. The maximum absolute atomic E-state index is 5.85. The molecule has 1 aromatic carbocycles. The fourth-order valence-electron chi connectivity index (χ4n) is 4.88. The molecular weight excluding hydrogens is 456 g/mol. The monoisotopic (exact) mass is 480 g/mol. The normalized spacial score (nSPS) is 22.3. The lowest BCUT2D eigenvalue weighted by Crippen LogP contribution is -2.31. The number of benzene rings is 1. The van der Waals surface area contributed by atoms with E-state index in [1.165, 1.54) is 37.8 Å². The van der Waals surface area contributed by atoms with Crippen LogP contribution in [0.25, 0.3) is 0 Å². The summed E-state index contributed by atoms with van der Waals surface area (Å²) in [5, 5.41) is 4.32. The number of hydrogen-bond acceptors (Lipinski definition) is 2. The Bertz CT molecular complexity index is 1010. The lowest BCUT2D eigenvalue weighted by molar-refractivity contribution is 0.340. The number of nitrogens with one attached hydrogen (secondary N) is 1. The van der Waals surface area contributed by atoms with E-state index in [2.05, 4.69) is 84.4 Å². The van der Waals surface area contributed by atoms with Crippen LogP contribution in [0.2, 0.25) is 0 Å². The molecule has 0 spiro atoms. The largest absolute Gasteiger partial charge is 0.351 e. The molecular formula is C24H25BrN4S. The zero-order chi connectivity index (χ0) is 20.5. The van der Waals surface area contributed by atoms with Gasteiger partial charge in [0, 0.05) is 34.3 Å². The quantitative estimate of drug-likeness (QED) is 0.442. The summed E-state index contributed by atoms with van der Waals surface area (Å²) in [6.07, 6.45) is 10.6. The van der Waals surface area contributed by atoms with Crippen LogP contribution in [0, 0.1) is 0 Å². The van der Waals surface area contributed by atoms with E-state index in [-0.39, 0.29) is 12.1 Å². The minimum atomic E-state index is -0.000382. The summed E-state index contributed by atoms with van der Waals surface area (Å²) in [5.41, 5.74) is 3.41. The third kappa shape index (κ3) is 3.67. The first kappa shape index (κ1) is 19.8. The van der Waals surface area contributed by atoms with Gasteiger partial charge in [0.1, 0.15) is 6.04 Å². The van der Waals surface area contributed by atoms with Gasteiger partial charge < -0.3 is 14.8 Å². The molecule has 4 nitrogen and oxygen atoms in total. The van der Waals surface area contributed by atoms with E-state index >= 15 is 0 Å². The van der Waals surface area contributed by atoms with Gasteiger partial charge in [0.25, 0.3) is 0 Å². The highest BCUT2D eigenvalue weighted by atomic mass is 79.9. The molecule has 6 heteroatoms. The van der Waals surface area contributed by atoms with Crippen molar-refractivity contribution in [1.29, 1.82) is 0 Å². The number of nitrogens with zero attached hydrogens (tertiary/aromatic N) is 3. The molecule has 1 saturated carbocycles. The molecule has 1 N–H and O–H groups in total. The van der Waals surface area contributed by atoms with Gasteiger partial charge in [-0.3, -0.25) is 4.98 Å². The Morgan fingerprint density at radius 3 is 2.50 bits per heavy atom. The molecule has 1 aliphatic heterocycles. The van der Waals surface area contributed by atoms with Crippen molar-refractivity contribution < 1.29 is 0 Å². The van der Waals surface area contributed by atoms with E-state index in [4.69, 9.17) is 12.2 Å². The van der Waals surface area contributed by atoms with Crippen LogP contribution >= 0.6 is 28.1 Å². The van der Waals surface area contributed by atoms with Crippen molar-refractivity contribution in [3.05, 3.63) is 82.9 Å². The molecule has 2 fully saturated rings. The maximum atomic E-state index is 5.85. The highest BCUT2D eigenvalue weighted by Gasteiger charge is 2.42. The highest BCUT2D eigenvalue weighted by Crippen LogP contribution is 2.43. The van der Waals surface area contributed by atoms with Crippen molar-refractivity contribution in [1.82, 2.24) is 14.9 Å². The molecule has 2 aromatic heterocycles. The lowest BCUT2D eigenvalue weighted by atomic mass is 9.94. The van der Waals surface area contributed by atoms with Gasteiger partial charge >= 0.3 is 0 Å². The van der Waals surface area contributed by atoms with Crippen LogP contribution in [0.3, 0.4) is 0 Å². The van der Waals surface area contributed by atoms with Gasteiger partial charge in [-0.05, 0) is 73.6 Å². The molecule has 0 bridgehead atoms. The summed E-state index contributed by atoms with van der Waals surface area (Å²) in [4.78, 5) is 6.93. The van der Waals surface area contributed by atoms with Crippen LogP contribution in [0.15, 0.2) is 71.5 Å². The second-order valence-corrected chi connectivity index (χ2v) is 9.41. The Kier molecular flexibility index (Phi) is 5.61. The minimum Gasteiger partial charge on any atom is -0.351 e. The van der Waals surface area contributed by atoms with Crippen LogP contribution in [0.5, 0.6) is 0 Å². The number of pyridine rings is 1. The average molecular weight is 481 g/mol. The molecule has 30 heavy (non-hydrogen) atoms. The first-order valence-electron chi connectivity index (χ1n) is 10.7. The van der Waals surface area contributed by atoms with E-state index in [9.17, 15) is 0 Å². The Balaban J connectivity index is 1.61. The molecule has 154 valence electrons. The highest BCUT2D eigenvalue weighted by molar-refractivity contribution is 9.10. The number of anilines is 1. The summed E-state index contributed by atoms with van der Waals surface area (Å²) >= 11 is 9.40. The van der Waals surface area contributed by atoms with E-state index in [1.54, 1.807) is 0 Å². The predicted octanol–water partition coefficient (Wildman–Crippen LogP) is 6.33. The van der Waals surface area contributed by atoms with E-state index in [0.29, 0.717) is 6.04 Å². The molecule has 0 radical (unpaired) electrons. The van der Waals surface area contributed by atoms with Gasteiger partial charge in [-0.15, -0.1) is 0 Å². The van der Waals surface area contributed by atoms with Gasteiger partial charge in [0.15, 0.2) is 5.11 Å². The van der Waals surface area contributed by atoms with Crippen molar-refractivity contribution in [3.63, 3.8) is 0 Å². The Morgan fingerprint density at radius 2 is 1.77 bits per heavy atom. The molecule has 5 rings (SSSR count). The zero-order valence-corrected chi connectivity index (χ0v) is 19.1. The summed E-state index contributed by atoms with van der Waals surface area (Å²) in [6, 6.07) is 19.5. The second kappa shape index (κ2) is 8.52. The van der Waals surface area contributed by atoms with E-state index in [1.807, 2.05) is 18.3 Å². The Morgan fingerprint density at radius 1 is 0.967 bits per heavy atom. The van der Waals surface area contributed by atoms with Crippen molar-refractivity contribution in [3.8, 4) is 0 Å². The molecule has 3 heterocycles. The fraction of sp³-hybridized carbons (Fsp3) is 0.333. The standard InChI is InChI=1S/C24H25BrN4S/c25-17-11-13-19(14-12-17)29-23(22(27-24(29)30)20-9-4-5-15-26-20)21-10-6-16-28(21)18-7-2-1-3-8-18/h4-6,9-16,18,22-23H,1-3,7-8H2,(H,27,30)/t22-,23+/m0/s1. The van der Waals surface area contributed by atoms with Crippen molar-refractivity contribution in [2.75, 3.05) is 4.90 Å². The first-order valence-corrected chi connectivity index (χ1v) is 11.9.